The van der Waals surface area contributed by atoms with Crippen LogP contribution in [0.1, 0.15) is 119 Å². The summed E-state index contributed by atoms with van der Waals surface area (Å²) in [5.41, 5.74) is -0.663. The van der Waals surface area contributed by atoms with Crippen LogP contribution in [0.3, 0.4) is 0 Å². The molecule has 0 aromatic rings. The number of hydrogen-bond acceptors (Lipinski definition) is 3. The molecule has 4 saturated carbocycles. The molecule has 3 heteroatoms. The topological polar surface area (TPSA) is 60.7 Å². The Morgan fingerprint density at radius 3 is 2.19 bits per heavy atom. The molecule has 0 saturated heterocycles. The highest BCUT2D eigenvalue weighted by Gasteiger charge is 2.68. The van der Waals surface area contributed by atoms with Crippen LogP contribution in [0.2, 0.25) is 0 Å². The van der Waals surface area contributed by atoms with Gasteiger partial charge in [0.05, 0.1) is 17.3 Å². The first-order valence-corrected chi connectivity index (χ1v) is 13.8. The van der Waals surface area contributed by atoms with Crippen LogP contribution in [0.15, 0.2) is 0 Å². The van der Waals surface area contributed by atoms with Gasteiger partial charge in [-0.15, -0.1) is 0 Å². The summed E-state index contributed by atoms with van der Waals surface area (Å²) < 4.78 is 0. The van der Waals surface area contributed by atoms with Gasteiger partial charge in [-0.25, -0.2) is 0 Å². The predicted molar refractivity (Wildman–Crippen MR) is 131 cm³/mol. The van der Waals surface area contributed by atoms with Gasteiger partial charge in [0.1, 0.15) is 0 Å². The Bertz CT molecular complexity index is 695. The second-order valence-electron chi connectivity index (χ2n) is 14.3. The zero-order valence-electron chi connectivity index (χ0n) is 22.1. The van der Waals surface area contributed by atoms with Crippen LogP contribution >= 0.6 is 0 Å². The minimum Gasteiger partial charge on any atom is -0.390 e. The Hall–Kier alpha value is -0.120. The lowest BCUT2D eigenvalue weighted by Crippen LogP contribution is -2.66. The normalized spacial score (nSPS) is 52.1. The molecule has 186 valence electrons. The van der Waals surface area contributed by atoms with Crippen molar-refractivity contribution in [2.75, 3.05) is 0 Å². The minimum absolute atomic E-state index is 0.121. The second kappa shape index (κ2) is 7.95. The highest BCUT2D eigenvalue weighted by molar-refractivity contribution is 5.17. The number of aliphatic hydroxyl groups excluding tert-OH is 1. The summed E-state index contributed by atoms with van der Waals surface area (Å²) >= 11 is 0. The lowest BCUT2D eigenvalue weighted by Gasteiger charge is -2.69. The maximum atomic E-state index is 11.3. The van der Waals surface area contributed by atoms with Crippen molar-refractivity contribution in [3.63, 3.8) is 0 Å². The van der Waals surface area contributed by atoms with Crippen LogP contribution in [-0.2, 0) is 0 Å². The molecule has 32 heavy (non-hydrogen) atoms. The van der Waals surface area contributed by atoms with E-state index >= 15 is 0 Å². The molecule has 10 atom stereocenters. The molecule has 0 amide bonds. The summed E-state index contributed by atoms with van der Waals surface area (Å²) in [6, 6.07) is 0. The Kier molecular flexibility index (Phi) is 6.21. The van der Waals surface area contributed by atoms with Gasteiger partial charge in [0.25, 0.3) is 0 Å². The quantitative estimate of drug-likeness (QED) is 0.460. The molecule has 4 fully saturated rings. The molecule has 3 N–H and O–H groups in total. The van der Waals surface area contributed by atoms with Crippen molar-refractivity contribution in [3.05, 3.63) is 0 Å². The van der Waals surface area contributed by atoms with Crippen LogP contribution in [-0.4, -0.2) is 32.6 Å². The molecule has 1 unspecified atom stereocenters. The van der Waals surface area contributed by atoms with Gasteiger partial charge in [0, 0.05) is 0 Å². The molecular formula is C29H52O3. The molecule has 3 nitrogen and oxygen atoms in total. The molecular weight excluding hydrogens is 396 g/mol. The first-order valence-electron chi connectivity index (χ1n) is 13.8. The average molecular weight is 449 g/mol. The Morgan fingerprint density at radius 2 is 1.53 bits per heavy atom. The van der Waals surface area contributed by atoms with Crippen molar-refractivity contribution in [2.24, 2.45) is 45.8 Å². The smallest absolute Gasteiger partial charge is 0.0910 e. The average Bonchev–Trinajstić information content (AvgIpc) is 3.02. The third-order valence-corrected chi connectivity index (χ3v) is 12.3. The second-order valence-corrected chi connectivity index (χ2v) is 14.3. The number of aliphatic hydroxyl groups is 3. The van der Waals surface area contributed by atoms with E-state index in [1.54, 1.807) is 0 Å². The largest absolute Gasteiger partial charge is 0.390 e. The van der Waals surface area contributed by atoms with E-state index in [1.165, 1.54) is 38.5 Å². The highest BCUT2D eigenvalue weighted by atomic mass is 16.3. The fourth-order valence-corrected chi connectivity index (χ4v) is 10.1. The zero-order chi connectivity index (χ0) is 23.7. The van der Waals surface area contributed by atoms with E-state index in [-0.39, 0.29) is 16.7 Å². The van der Waals surface area contributed by atoms with Gasteiger partial charge in [-0.05, 0) is 124 Å². The predicted octanol–water partition coefficient (Wildman–Crippen LogP) is 6.33. The monoisotopic (exact) mass is 448 g/mol. The van der Waals surface area contributed by atoms with E-state index in [0.717, 1.165) is 55.8 Å². The molecule has 0 heterocycles. The third-order valence-electron chi connectivity index (χ3n) is 12.3. The van der Waals surface area contributed by atoms with Crippen molar-refractivity contribution in [1.82, 2.24) is 0 Å². The maximum absolute atomic E-state index is 11.3. The van der Waals surface area contributed by atoms with Gasteiger partial charge >= 0.3 is 0 Å². The first-order chi connectivity index (χ1) is 14.7. The van der Waals surface area contributed by atoms with Crippen LogP contribution in [0, 0.1) is 45.8 Å². The fraction of sp³-hybridized carbons (Fsp3) is 1.00. The summed E-state index contributed by atoms with van der Waals surface area (Å²) in [5, 5.41) is 32.1. The van der Waals surface area contributed by atoms with Gasteiger partial charge in [-0.2, -0.15) is 0 Å². The molecule has 0 aromatic heterocycles. The first kappa shape index (κ1) is 25.0. The molecule has 0 spiro atoms. The Morgan fingerprint density at radius 1 is 0.875 bits per heavy atom. The molecule has 4 aliphatic carbocycles. The van der Waals surface area contributed by atoms with Gasteiger partial charge in [0.15, 0.2) is 0 Å². The van der Waals surface area contributed by atoms with Crippen LogP contribution < -0.4 is 0 Å². The lowest BCUT2D eigenvalue weighted by atomic mass is 9.36. The maximum Gasteiger partial charge on any atom is 0.0910 e. The SMILES string of the molecule is C[C@H](CCCC(C)(C)O)[C@H]1CC[C@H]2[C@@H]3CC[C@H]4C(C)(O)[C@@H](O)CC[C@]4(C)[C@@]3(C)CC[C@]12C. The Labute approximate surface area is 197 Å². The molecule has 4 rings (SSSR count). The highest BCUT2D eigenvalue weighted by Crippen LogP contribution is 2.74. The van der Waals surface area contributed by atoms with Crippen molar-refractivity contribution in [3.8, 4) is 0 Å². The van der Waals surface area contributed by atoms with Gasteiger partial charge in [0.2, 0.25) is 0 Å². The van der Waals surface area contributed by atoms with Crippen molar-refractivity contribution in [1.29, 1.82) is 0 Å². The van der Waals surface area contributed by atoms with Gasteiger partial charge in [-0.1, -0.05) is 40.5 Å². The number of rotatable bonds is 5. The molecule has 0 radical (unpaired) electrons. The summed E-state index contributed by atoms with van der Waals surface area (Å²) in [6.07, 6.45) is 12.1. The van der Waals surface area contributed by atoms with E-state index in [0.29, 0.717) is 5.41 Å². The summed E-state index contributed by atoms with van der Waals surface area (Å²) in [4.78, 5) is 0. The van der Waals surface area contributed by atoms with Gasteiger partial charge in [-0.3, -0.25) is 0 Å². The molecule has 0 aliphatic heterocycles. The van der Waals surface area contributed by atoms with E-state index < -0.39 is 17.3 Å². The Balaban J connectivity index is 1.53. The number of fused-ring (bicyclic) bond motifs is 5. The summed E-state index contributed by atoms with van der Waals surface area (Å²) in [5.74, 6) is 3.30. The van der Waals surface area contributed by atoms with Gasteiger partial charge < -0.3 is 15.3 Å². The van der Waals surface area contributed by atoms with E-state index in [4.69, 9.17) is 0 Å². The third kappa shape index (κ3) is 3.63. The zero-order valence-corrected chi connectivity index (χ0v) is 22.1. The van der Waals surface area contributed by atoms with Crippen LogP contribution in [0.5, 0.6) is 0 Å². The molecule has 0 aromatic carbocycles. The van der Waals surface area contributed by atoms with Crippen LogP contribution in [0.25, 0.3) is 0 Å². The minimum atomic E-state index is -0.949. The van der Waals surface area contributed by atoms with Crippen molar-refractivity contribution in [2.45, 2.75) is 136 Å². The standard InChI is InChI=1S/C29H52O3/c1-19(9-8-15-25(2,3)31)20-10-11-21-22-12-13-23-28(6,16-14-24(30)29(23,7)32)27(22,5)18-17-26(20,21)4/h19-24,30-32H,8-18H2,1-7H3/t19-,20-,21+,22+,23-,24+,26-,27+,28+,29?/m1/s1. The van der Waals surface area contributed by atoms with E-state index in [1.807, 2.05) is 20.8 Å². The summed E-state index contributed by atoms with van der Waals surface area (Å²) in [6.45, 7) is 15.9. The van der Waals surface area contributed by atoms with E-state index in [2.05, 4.69) is 27.7 Å². The van der Waals surface area contributed by atoms with Crippen molar-refractivity contribution < 1.29 is 15.3 Å². The summed E-state index contributed by atoms with van der Waals surface area (Å²) in [7, 11) is 0. The lowest BCUT2D eigenvalue weighted by molar-refractivity contribution is -0.249. The molecule has 4 aliphatic rings. The van der Waals surface area contributed by atoms with Crippen molar-refractivity contribution >= 4 is 0 Å². The molecule has 0 bridgehead atoms. The fourth-order valence-electron chi connectivity index (χ4n) is 10.1. The van der Waals surface area contributed by atoms with E-state index in [9.17, 15) is 15.3 Å². The van der Waals surface area contributed by atoms with Crippen LogP contribution in [0.4, 0.5) is 0 Å². The number of hydrogen-bond donors (Lipinski definition) is 3.